The van der Waals surface area contributed by atoms with Gasteiger partial charge >= 0.3 is 0 Å². The molecule has 8 nitrogen and oxygen atoms in total. The van der Waals surface area contributed by atoms with Crippen LogP contribution in [-0.4, -0.2) is 54.4 Å². The number of aliphatic imine (C=N–C) groups is 1. The molecule has 39 heavy (non-hydrogen) atoms. The Balaban J connectivity index is 2.03. The molecule has 2 aliphatic rings. The number of ether oxygens (including phenoxy) is 2. The van der Waals surface area contributed by atoms with Crippen LogP contribution in [0, 0.1) is 17.8 Å². The van der Waals surface area contributed by atoms with Gasteiger partial charge in [-0.2, -0.15) is 0 Å². The molecule has 2 atom stereocenters. The third kappa shape index (κ3) is 9.29. The zero-order valence-corrected chi connectivity index (χ0v) is 23.5. The van der Waals surface area contributed by atoms with Crippen molar-refractivity contribution in [3.63, 3.8) is 0 Å². The van der Waals surface area contributed by atoms with Crippen molar-refractivity contribution in [3.05, 3.63) is 34.4 Å². The first-order chi connectivity index (χ1) is 18.8. The SMILES string of the molecule is CCCC(=CC(=O)CCc1cc(OC2CCCC2)c(O)c2c1C#CCC(N=C(N)N)CCC(COC)C2)CO. The predicted octanol–water partition coefficient (Wildman–Crippen LogP) is 3.92. The van der Waals surface area contributed by atoms with Crippen LogP contribution in [-0.2, 0) is 22.4 Å². The van der Waals surface area contributed by atoms with E-state index >= 15 is 0 Å². The Morgan fingerprint density at radius 1 is 1.21 bits per heavy atom. The number of rotatable bonds is 12. The fraction of sp³-hybridized carbons (Fsp3) is 0.613. The van der Waals surface area contributed by atoms with E-state index in [1.807, 2.05) is 13.0 Å². The topological polar surface area (TPSA) is 140 Å². The number of nitrogens with two attached hydrogens (primary N) is 2. The van der Waals surface area contributed by atoms with Crippen LogP contribution < -0.4 is 16.2 Å². The number of benzene rings is 1. The number of aliphatic hydroxyl groups is 1. The Hall–Kier alpha value is -3.02. The molecule has 0 radical (unpaired) electrons. The molecule has 0 amide bonds. The minimum Gasteiger partial charge on any atom is -0.504 e. The fourth-order valence-electron chi connectivity index (χ4n) is 5.54. The summed E-state index contributed by atoms with van der Waals surface area (Å²) in [5.41, 5.74) is 14.4. The zero-order chi connectivity index (χ0) is 28.2. The molecule has 0 aromatic heterocycles. The number of carbonyl (C=O) groups excluding carboxylic acids is 1. The van der Waals surface area contributed by atoms with Gasteiger partial charge in [-0.1, -0.05) is 25.2 Å². The van der Waals surface area contributed by atoms with E-state index < -0.39 is 0 Å². The maximum Gasteiger partial charge on any atom is 0.186 e. The van der Waals surface area contributed by atoms with Crippen molar-refractivity contribution >= 4 is 11.7 Å². The fourth-order valence-corrected chi connectivity index (χ4v) is 5.54. The van der Waals surface area contributed by atoms with E-state index in [2.05, 4.69) is 16.8 Å². The normalized spacial score (nSPS) is 20.0. The van der Waals surface area contributed by atoms with E-state index in [4.69, 9.17) is 20.9 Å². The number of phenolic OH excluding ortho intramolecular Hbond substituents is 1. The van der Waals surface area contributed by atoms with Gasteiger partial charge in [0.1, 0.15) is 0 Å². The van der Waals surface area contributed by atoms with Crippen LogP contribution in [0.3, 0.4) is 0 Å². The molecule has 1 aromatic rings. The Morgan fingerprint density at radius 3 is 2.64 bits per heavy atom. The number of aliphatic hydroxyl groups excluding tert-OH is 1. The molecule has 2 aliphatic carbocycles. The number of phenols is 1. The highest BCUT2D eigenvalue weighted by Gasteiger charge is 2.25. The van der Waals surface area contributed by atoms with Crippen molar-refractivity contribution in [2.24, 2.45) is 22.4 Å². The Bertz CT molecular complexity index is 1090. The molecule has 0 aliphatic heterocycles. The number of hydrogen-bond acceptors (Lipinski definition) is 6. The summed E-state index contributed by atoms with van der Waals surface area (Å²) in [7, 11) is 1.68. The number of ketones is 1. The first kappa shape index (κ1) is 30.5. The van der Waals surface area contributed by atoms with Crippen LogP contribution >= 0.6 is 0 Å². The molecule has 1 saturated carbocycles. The molecule has 1 fully saturated rings. The maximum absolute atomic E-state index is 12.8. The zero-order valence-electron chi connectivity index (χ0n) is 23.5. The van der Waals surface area contributed by atoms with Crippen LogP contribution in [0.15, 0.2) is 22.7 Å². The molecule has 6 N–H and O–H groups in total. The van der Waals surface area contributed by atoms with Crippen LogP contribution in [0.2, 0.25) is 0 Å². The summed E-state index contributed by atoms with van der Waals surface area (Å²) in [6.45, 7) is 2.43. The highest BCUT2D eigenvalue weighted by Crippen LogP contribution is 2.40. The summed E-state index contributed by atoms with van der Waals surface area (Å²) in [4.78, 5) is 17.2. The highest BCUT2D eigenvalue weighted by atomic mass is 16.5. The number of guanidine groups is 1. The molecule has 0 saturated heterocycles. The summed E-state index contributed by atoms with van der Waals surface area (Å²) in [6.07, 6.45) is 10.7. The lowest BCUT2D eigenvalue weighted by Crippen LogP contribution is -2.26. The molecular formula is C31H45N3O5. The smallest absolute Gasteiger partial charge is 0.186 e. The predicted molar refractivity (Wildman–Crippen MR) is 154 cm³/mol. The van der Waals surface area contributed by atoms with Crippen LogP contribution in [0.25, 0.3) is 0 Å². The second kappa shape index (κ2) is 15.5. The van der Waals surface area contributed by atoms with Crippen molar-refractivity contribution in [2.75, 3.05) is 20.3 Å². The van der Waals surface area contributed by atoms with E-state index in [1.165, 1.54) is 0 Å². The molecular weight excluding hydrogens is 494 g/mol. The first-order valence-electron chi connectivity index (χ1n) is 14.3. The number of aromatic hydroxyl groups is 1. The third-order valence-electron chi connectivity index (χ3n) is 7.51. The molecule has 3 rings (SSSR count). The van der Waals surface area contributed by atoms with E-state index in [0.717, 1.165) is 67.2 Å². The van der Waals surface area contributed by atoms with Crippen molar-refractivity contribution in [2.45, 2.75) is 96.1 Å². The van der Waals surface area contributed by atoms with Gasteiger partial charge in [-0.15, -0.1) is 0 Å². The van der Waals surface area contributed by atoms with Gasteiger partial charge in [0.15, 0.2) is 23.2 Å². The number of hydrogen-bond donors (Lipinski definition) is 4. The highest BCUT2D eigenvalue weighted by molar-refractivity contribution is 5.90. The van der Waals surface area contributed by atoms with Gasteiger partial charge in [-0.25, -0.2) is 4.99 Å². The average molecular weight is 540 g/mol. The number of aryl methyl sites for hydroxylation is 1. The quantitative estimate of drug-likeness (QED) is 0.137. The Labute approximate surface area is 232 Å². The number of nitrogens with zero attached hydrogens (tertiary/aromatic N) is 1. The molecule has 0 spiro atoms. The standard InChI is InChI=1S/C31H45N3O5/c1-3-7-21(19-35)16-25(36)15-13-23-18-29(39-26-9-4-5-10-26)30(37)28-17-22(20-38-2)12-14-24(34-31(32)33)8-6-11-27(23)28/h16,18,22,24,26,35,37H,3-5,7-10,12-15,17,19-20H2,1-2H3,(H4,32,33,34). The molecule has 214 valence electrons. The van der Waals surface area contributed by atoms with Crippen molar-refractivity contribution in [1.82, 2.24) is 0 Å². The lowest BCUT2D eigenvalue weighted by molar-refractivity contribution is -0.114. The Morgan fingerprint density at radius 2 is 1.97 bits per heavy atom. The van der Waals surface area contributed by atoms with Gasteiger partial charge in [0.25, 0.3) is 0 Å². The summed E-state index contributed by atoms with van der Waals surface area (Å²) in [5, 5.41) is 21.0. The number of fused-ring (bicyclic) bond motifs is 1. The van der Waals surface area contributed by atoms with Gasteiger partial charge in [0, 0.05) is 37.7 Å². The Kier molecular flexibility index (Phi) is 12.2. The van der Waals surface area contributed by atoms with Gasteiger partial charge in [-0.05, 0) is 87.0 Å². The van der Waals surface area contributed by atoms with E-state index in [9.17, 15) is 15.0 Å². The molecule has 8 heteroatoms. The maximum atomic E-state index is 12.8. The minimum atomic E-state index is -0.118. The number of methoxy groups -OCH3 is 1. The first-order valence-corrected chi connectivity index (χ1v) is 14.3. The van der Waals surface area contributed by atoms with Crippen LogP contribution in [0.1, 0.15) is 87.8 Å². The van der Waals surface area contributed by atoms with E-state index in [0.29, 0.717) is 38.0 Å². The summed E-state index contributed by atoms with van der Waals surface area (Å²) in [5.74, 6) is 7.27. The third-order valence-corrected chi connectivity index (χ3v) is 7.51. The lowest BCUT2D eigenvalue weighted by atomic mass is 9.86. The average Bonchev–Trinajstić information content (AvgIpc) is 3.42. The van der Waals surface area contributed by atoms with Gasteiger partial charge in [0.05, 0.1) is 18.8 Å². The lowest BCUT2D eigenvalue weighted by Gasteiger charge is -2.24. The van der Waals surface area contributed by atoms with Crippen LogP contribution in [0.5, 0.6) is 11.5 Å². The summed E-state index contributed by atoms with van der Waals surface area (Å²) < 4.78 is 11.8. The second-order valence-electron chi connectivity index (χ2n) is 10.8. The number of carbonyl (C=O) groups is 1. The summed E-state index contributed by atoms with van der Waals surface area (Å²) >= 11 is 0. The van der Waals surface area contributed by atoms with Gasteiger partial charge in [0.2, 0.25) is 0 Å². The molecule has 1 aromatic carbocycles. The van der Waals surface area contributed by atoms with Gasteiger partial charge < -0.3 is 31.2 Å². The second-order valence-corrected chi connectivity index (χ2v) is 10.8. The van der Waals surface area contributed by atoms with Crippen molar-refractivity contribution in [3.8, 4) is 23.3 Å². The summed E-state index contributed by atoms with van der Waals surface area (Å²) in [6, 6.07) is 1.74. The molecule has 2 unspecified atom stereocenters. The van der Waals surface area contributed by atoms with Crippen LogP contribution in [0.4, 0.5) is 0 Å². The number of allylic oxidation sites excluding steroid dienone is 1. The molecule has 0 bridgehead atoms. The molecule has 0 heterocycles. The van der Waals surface area contributed by atoms with Gasteiger partial charge in [-0.3, -0.25) is 4.79 Å². The monoisotopic (exact) mass is 539 g/mol. The largest absolute Gasteiger partial charge is 0.504 e. The van der Waals surface area contributed by atoms with E-state index in [1.54, 1.807) is 13.2 Å². The van der Waals surface area contributed by atoms with E-state index in [-0.39, 0.29) is 48.6 Å². The minimum absolute atomic E-state index is 0.0366. The van der Waals surface area contributed by atoms with Crippen molar-refractivity contribution < 1.29 is 24.5 Å². The van der Waals surface area contributed by atoms with Crippen molar-refractivity contribution in [1.29, 1.82) is 0 Å².